The van der Waals surface area contributed by atoms with Crippen LogP contribution in [0.2, 0.25) is 0 Å². The molecule has 0 saturated carbocycles. The smallest absolute Gasteiger partial charge is 0.336 e. The minimum Gasteiger partial charge on any atom is -0.478 e. The van der Waals surface area contributed by atoms with Gasteiger partial charge in [0, 0.05) is 5.56 Å². The standard InChI is InChI=1S/C15H10O5/c16-8-10-3-1-2-4-11(10)9-5-6-12(14(17)18)13(7-9)15(19)20/h1-8H,(H,17,18)(H,19,20). The lowest BCUT2D eigenvalue weighted by Crippen LogP contribution is -2.08. The molecule has 5 heteroatoms. The molecule has 2 rings (SSSR count). The molecule has 0 saturated heterocycles. The van der Waals surface area contributed by atoms with Gasteiger partial charge >= 0.3 is 11.9 Å². The lowest BCUT2D eigenvalue weighted by molar-refractivity contribution is 0.0651. The van der Waals surface area contributed by atoms with Gasteiger partial charge in [-0.3, -0.25) is 4.79 Å². The van der Waals surface area contributed by atoms with Gasteiger partial charge in [0.25, 0.3) is 0 Å². The van der Waals surface area contributed by atoms with Gasteiger partial charge in [-0.05, 0) is 23.3 Å². The Morgan fingerprint density at radius 3 is 2.15 bits per heavy atom. The predicted molar refractivity (Wildman–Crippen MR) is 71.2 cm³/mol. The van der Waals surface area contributed by atoms with Gasteiger partial charge in [0.05, 0.1) is 11.1 Å². The summed E-state index contributed by atoms with van der Waals surface area (Å²) in [6.45, 7) is 0. The summed E-state index contributed by atoms with van der Waals surface area (Å²) in [6, 6.07) is 10.7. The molecule has 2 aromatic rings. The van der Waals surface area contributed by atoms with Crippen LogP contribution in [0, 0.1) is 0 Å². The van der Waals surface area contributed by atoms with Crippen molar-refractivity contribution in [1.82, 2.24) is 0 Å². The van der Waals surface area contributed by atoms with Crippen molar-refractivity contribution in [1.29, 1.82) is 0 Å². The van der Waals surface area contributed by atoms with Gasteiger partial charge in [-0.1, -0.05) is 30.3 Å². The normalized spacial score (nSPS) is 10.0. The zero-order valence-corrected chi connectivity index (χ0v) is 10.2. The fourth-order valence-corrected chi connectivity index (χ4v) is 1.94. The molecule has 0 aromatic heterocycles. The molecule has 2 aromatic carbocycles. The van der Waals surface area contributed by atoms with E-state index >= 15 is 0 Å². The van der Waals surface area contributed by atoms with E-state index in [1.165, 1.54) is 18.2 Å². The first-order chi connectivity index (χ1) is 9.54. The molecule has 2 N–H and O–H groups in total. The van der Waals surface area contributed by atoms with E-state index in [9.17, 15) is 14.4 Å². The quantitative estimate of drug-likeness (QED) is 0.833. The van der Waals surface area contributed by atoms with Crippen LogP contribution in [-0.4, -0.2) is 28.4 Å². The third-order valence-corrected chi connectivity index (χ3v) is 2.88. The van der Waals surface area contributed by atoms with Crippen LogP contribution >= 0.6 is 0 Å². The molecule has 0 spiro atoms. The maximum atomic E-state index is 11.1. The fraction of sp³-hybridized carbons (Fsp3) is 0. The highest BCUT2D eigenvalue weighted by Gasteiger charge is 2.17. The minimum atomic E-state index is -1.33. The molecule has 20 heavy (non-hydrogen) atoms. The number of hydrogen-bond acceptors (Lipinski definition) is 3. The number of benzene rings is 2. The highest BCUT2D eigenvalue weighted by atomic mass is 16.4. The molecule has 100 valence electrons. The topological polar surface area (TPSA) is 91.7 Å². The van der Waals surface area contributed by atoms with Gasteiger partial charge in [-0.25, -0.2) is 9.59 Å². The van der Waals surface area contributed by atoms with Crippen molar-refractivity contribution in [2.45, 2.75) is 0 Å². The van der Waals surface area contributed by atoms with Gasteiger partial charge in [0.15, 0.2) is 6.29 Å². The first kappa shape index (κ1) is 13.5. The van der Waals surface area contributed by atoms with Crippen LogP contribution < -0.4 is 0 Å². The average Bonchev–Trinajstić information content (AvgIpc) is 2.46. The molecule has 0 unspecified atom stereocenters. The summed E-state index contributed by atoms with van der Waals surface area (Å²) in [6.07, 6.45) is 0.668. The number of carbonyl (C=O) groups excluding carboxylic acids is 1. The Morgan fingerprint density at radius 1 is 0.900 bits per heavy atom. The largest absolute Gasteiger partial charge is 0.478 e. The lowest BCUT2D eigenvalue weighted by Gasteiger charge is -2.08. The Bertz CT molecular complexity index is 703. The molecule has 0 bridgehead atoms. The second-order valence-electron chi connectivity index (χ2n) is 4.08. The second-order valence-corrected chi connectivity index (χ2v) is 4.08. The zero-order chi connectivity index (χ0) is 14.7. The zero-order valence-electron chi connectivity index (χ0n) is 10.2. The Balaban J connectivity index is 2.65. The van der Waals surface area contributed by atoms with Crippen LogP contribution in [-0.2, 0) is 0 Å². The third-order valence-electron chi connectivity index (χ3n) is 2.88. The van der Waals surface area contributed by atoms with E-state index in [0.29, 0.717) is 23.0 Å². The van der Waals surface area contributed by atoms with Crippen LogP contribution in [0.4, 0.5) is 0 Å². The molecular formula is C15H10O5. The molecule has 0 aliphatic carbocycles. The van der Waals surface area contributed by atoms with E-state index < -0.39 is 11.9 Å². The van der Waals surface area contributed by atoms with E-state index in [4.69, 9.17) is 10.2 Å². The van der Waals surface area contributed by atoms with Crippen LogP contribution in [0.15, 0.2) is 42.5 Å². The van der Waals surface area contributed by atoms with Crippen molar-refractivity contribution < 1.29 is 24.6 Å². The monoisotopic (exact) mass is 270 g/mol. The van der Waals surface area contributed by atoms with Crippen molar-refractivity contribution in [3.05, 3.63) is 59.2 Å². The van der Waals surface area contributed by atoms with Crippen molar-refractivity contribution in [3.8, 4) is 11.1 Å². The molecule has 0 atom stereocenters. The van der Waals surface area contributed by atoms with E-state index in [1.54, 1.807) is 24.3 Å². The first-order valence-corrected chi connectivity index (χ1v) is 5.70. The number of carboxylic acid groups (broad SMARTS) is 2. The minimum absolute atomic E-state index is 0.287. The molecule has 5 nitrogen and oxygen atoms in total. The van der Waals surface area contributed by atoms with Crippen molar-refractivity contribution in [2.75, 3.05) is 0 Å². The Labute approximate surface area is 114 Å². The van der Waals surface area contributed by atoms with Gasteiger partial charge in [0.2, 0.25) is 0 Å². The number of carbonyl (C=O) groups is 3. The third kappa shape index (κ3) is 2.42. The van der Waals surface area contributed by atoms with E-state index in [2.05, 4.69) is 0 Å². The molecule has 0 radical (unpaired) electrons. The van der Waals surface area contributed by atoms with Gasteiger partial charge in [-0.2, -0.15) is 0 Å². The first-order valence-electron chi connectivity index (χ1n) is 5.70. The van der Waals surface area contributed by atoms with Crippen LogP contribution in [0.1, 0.15) is 31.1 Å². The summed E-state index contributed by atoms with van der Waals surface area (Å²) in [7, 11) is 0. The van der Waals surface area contributed by atoms with Crippen LogP contribution in [0.5, 0.6) is 0 Å². The summed E-state index contributed by atoms with van der Waals surface area (Å²) in [5.74, 6) is -2.63. The number of aromatic carboxylic acids is 2. The summed E-state index contributed by atoms with van der Waals surface area (Å²) in [5.41, 5.74) is 0.851. The Kier molecular flexibility index (Phi) is 3.61. The molecule has 0 amide bonds. The number of carboxylic acids is 2. The molecule has 0 aliphatic rings. The number of aldehydes is 1. The highest BCUT2D eigenvalue weighted by Crippen LogP contribution is 2.25. The average molecular weight is 270 g/mol. The summed E-state index contributed by atoms with van der Waals surface area (Å²) in [5, 5.41) is 18.0. The fourth-order valence-electron chi connectivity index (χ4n) is 1.94. The molecular weight excluding hydrogens is 260 g/mol. The Morgan fingerprint density at radius 2 is 1.55 bits per heavy atom. The predicted octanol–water partition coefficient (Wildman–Crippen LogP) is 2.56. The van der Waals surface area contributed by atoms with Crippen molar-refractivity contribution >= 4 is 18.2 Å². The number of hydrogen-bond donors (Lipinski definition) is 2. The second kappa shape index (κ2) is 5.36. The van der Waals surface area contributed by atoms with Gasteiger partial charge in [0.1, 0.15) is 0 Å². The van der Waals surface area contributed by atoms with E-state index in [-0.39, 0.29) is 11.1 Å². The number of rotatable bonds is 4. The SMILES string of the molecule is O=Cc1ccccc1-c1ccc(C(=O)O)c(C(=O)O)c1. The van der Waals surface area contributed by atoms with Gasteiger partial charge in [-0.15, -0.1) is 0 Å². The molecule has 0 aliphatic heterocycles. The van der Waals surface area contributed by atoms with Crippen LogP contribution in [0.3, 0.4) is 0 Å². The summed E-state index contributed by atoms with van der Waals surface area (Å²) < 4.78 is 0. The maximum Gasteiger partial charge on any atom is 0.336 e. The molecule has 0 heterocycles. The lowest BCUT2D eigenvalue weighted by atomic mass is 9.96. The highest BCUT2D eigenvalue weighted by molar-refractivity contribution is 6.03. The summed E-state index contributed by atoms with van der Waals surface area (Å²) in [4.78, 5) is 33.1. The Hall–Kier alpha value is -2.95. The summed E-state index contributed by atoms with van der Waals surface area (Å²) >= 11 is 0. The van der Waals surface area contributed by atoms with Gasteiger partial charge < -0.3 is 10.2 Å². The van der Waals surface area contributed by atoms with Crippen molar-refractivity contribution in [3.63, 3.8) is 0 Å². The van der Waals surface area contributed by atoms with E-state index in [0.717, 1.165) is 0 Å². The van der Waals surface area contributed by atoms with E-state index in [1.807, 2.05) is 0 Å². The molecule has 0 fully saturated rings. The van der Waals surface area contributed by atoms with Crippen molar-refractivity contribution in [2.24, 2.45) is 0 Å². The maximum absolute atomic E-state index is 11.1. The van der Waals surface area contributed by atoms with Crippen LogP contribution in [0.25, 0.3) is 11.1 Å².